The number of aryl methyl sites for hydroxylation is 2. The van der Waals surface area contributed by atoms with Crippen LogP contribution in [0.4, 0.5) is 5.69 Å². The summed E-state index contributed by atoms with van der Waals surface area (Å²) in [7, 11) is 0. The number of hydrogen-bond donors (Lipinski definition) is 1. The van der Waals surface area contributed by atoms with E-state index in [1.165, 1.54) is 0 Å². The average Bonchev–Trinajstić information content (AvgIpc) is 2.75. The van der Waals surface area contributed by atoms with Crippen molar-refractivity contribution in [1.29, 1.82) is 0 Å². The predicted molar refractivity (Wildman–Crippen MR) is 88.5 cm³/mol. The van der Waals surface area contributed by atoms with Crippen LogP contribution in [-0.4, -0.2) is 10.9 Å². The van der Waals surface area contributed by atoms with Gasteiger partial charge < -0.3 is 9.73 Å². The van der Waals surface area contributed by atoms with Crippen LogP contribution in [0.15, 0.2) is 22.6 Å². The molecule has 0 atom stereocenters. The van der Waals surface area contributed by atoms with E-state index in [1.54, 1.807) is 12.1 Å². The second kappa shape index (κ2) is 6.13. The van der Waals surface area contributed by atoms with Crippen molar-refractivity contribution >= 4 is 23.2 Å². The van der Waals surface area contributed by atoms with Crippen LogP contribution in [0.3, 0.4) is 0 Å². The Bertz CT molecular complexity index is 699. The maximum atomic E-state index is 12.2. The van der Waals surface area contributed by atoms with Crippen molar-refractivity contribution in [3.8, 4) is 0 Å². The van der Waals surface area contributed by atoms with Crippen molar-refractivity contribution < 1.29 is 9.21 Å². The first kappa shape index (κ1) is 16.6. The fourth-order valence-electron chi connectivity index (χ4n) is 1.98. The van der Waals surface area contributed by atoms with Crippen LogP contribution in [0, 0.1) is 13.8 Å². The number of carbonyl (C=O) groups excluding carboxylic acids is 1. The van der Waals surface area contributed by atoms with Crippen molar-refractivity contribution in [2.45, 2.75) is 46.5 Å². The lowest BCUT2D eigenvalue weighted by Gasteiger charge is -2.12. The fourth-order valence-corrected chi connectivity index (χ4v) is 2.15. The molecule has 1 aromatic carbocycles. The lowest BCUT2D eigenvalue weighted by molar-refractivity contribution is -0.115. The van der Waals surface area contributed by atoms with Gasteiger partial charge in [-0.3, -0.25) is 4.79 Å². The molecule has 0 saturated carbocycles. The molecule has 0 fully saturated rings. The monoisotopic (exact) mass is 320 g/mol. The number of hydrogen-bond acceptors (Lipinski definition) is 3. The number of aromatic nitrogens is 1. The second-order valence-electron chi connectivity index (χ2n) is 6.46. The Hall–Kier alpha value is -1.81. The normalized spacial score (nSPS) is 11.5. The molecule has 0 aliphatic rings. The van der Waals surface area contributed by atoms with Crippen LogP contribution in [0.25, 0.3) is 0 Å². The largest absolute Gasteiger partial charge is 0.444 e. The summed E-state index contributed by atoms with van der Waals surface area (Å²) >= 11 is 5.96. The summed E-state index contributed by atoms with van der Waals surface area (Å²) in [5, 5.41) is 3.45. The SMILES string of the molecule is Cc1ccc(Cl)cc1NC(=O)Cc1oc(C(C)(C)C)nc1C. The molecule has 0 saturated heterocycles. The number of nitrogens with zero attached hydrogens (tertiary/aromatic N) is 1. The molecule has 2 aromatic rings. The molecule has 0 radical (unpaired) electrons. The summed E-state index contributed by atoms with van der Waals surface area (Å²) in [6.45, 7) is 9.85. The molecule has 4 nitrogen and oxygen atoms in total. The summed E-state index contributed by atoms with van der Waals surface area (Å²) in [4.78, 5) is 16.6. The molecule has 118 valence electrons. The molecular formula is C17H21ClN2O2. The van der Waals surface area contributed by atoms with Crippen molar-refractivity contribution in [3.63, 3.8) is 0 Å². The van der Waals surface area contributed by atoms with Gasteiger partial charge in [-0.1, -0.05) is 38.4 Å². The molecule has 1 aromatic heterocycles. The van der Waals surface area contributed by atoms with E-state index >= 15 is 0 Å². The fraction of sp³-hybridized carbons (Fsp3) is 0.412. The highest BCUT2D eigenvalue weighted by atomic mass is 35.5. The summed E-state index contributed by atoms with van der Waals surface area (Å²) < 4.78 is 5.74. The zero-order chi connectivity index (χ0) is 16.5. The highest BCUT2D eigenvalue weighted by molar-refractivity contribution is 6.31. The van der Waals surface area contributed by atoms with Crippen molar-refractivity contribution in [1.82, 2.24) is 4.98 Å². The third kappa shape index (κ3) is 3.89. The summed E-state index contributed by atoms with van der Waals surface area (Å²) in [5.41, 5.74) is 2.25. The maximum Gasteiger partial charge on any atom is 0.232 e. The second-order valence-corrected chi connectivity index (χ2v) is 6.90. The Morgan fingerprint density at radius 1 is 1.32 bits per heavy atom. The topological polar surface area (TPSA) is 55.1 Å². The first-order valence-corrected chi connectivity index (χ1v) is 7.57. The zero-order valence-corrected chi connectivity index (χ0v) is 14.3. The van der Waals surface area contributed by atoms with Gasteiger partial charge in [0.1, 0.15) is 5.76 Å². The van der Waals surface area contributed by atoms with E-state index in [0.717, 1.165) is 11.3 Å². The zero-order valence-electron chi connectivity index (χ0n) is 13.6. The van der Waals surface area contributed by atoms with Gasteiger partial charge in [0.05, 0.1) is 12.1 Å². The van der Waals surface area contributed by atoms with Crippen LogP contribution < -0.4 is 5.32 Å². The summed E-state index contributed by atoms with van der Waals surface area (Å²) in [5.74, 6) is 1.10. The van der Waals surface area contributed by atoms with E-state index in [4.69, 9.17) is 16.0 Å². The Morgan fingerprint density at radius 2 is 2.00 bits per heavy atom. The Morgan fingerprint density at radius 3 is 2.59 bits per heavy atom. The minimum absolute atomic E-state index is 0.148. The van der Waals surface area contributed by atoms with Crippen molar-refractivity contribution in [2.24, 2.45) is 0 Å². The molecule has 0 spiro atoms. The van der Waals surface area contributed by atoms with E-state index < -0.39 is 0 Å². The average molecular weight is 321 g/mol. The van der Waals surface area contributed by atoms with E-state index in [0.29, 0.717) is 22.4 Å². The Kier molecular flexibility index (Phi) is 4.61. The van der Waals surface area contributed by atoms with Gasteiger partial charge in [-0.2, -0.15) is 0 Å². The molecule has 0 aliphatic carbocycles. The molecule has 2 rings (SSSR count). The third-order valence-corrected chi connectivity index (χ3v) is 3.56. The predicted octanol–water partition coefficient (Wildman–Crippen LogP) is 4.42. The van der Waals surface area contributed by atoms with Gasteiger partial charge >= 0.3 is 0 Å². The first-order chi connectivity index (χ1) is 10.2. The van der Waals surface area contributed by atoms with Gasteiger partial charge in [0.25, 0.3) is 0 Å². The minimum Gasteiger partial charge on any atom is -0.444 e. The lowest BCUT2D eigenvalue weighted by Crippen LogP contribution is -2.15. The van der Waals surface area contributed by atoms with Gasteiger partial charge in [-0.15, -0.1) is 0 Å². The molecule has 5 heteroatoms. The van der Waals surface area contributed by atoms with Gasteiger partial charge in [0.2, 0.25) is 5.91 Å². The molecule has 1 amide bonds. The van der Waals surface area contributed by atoms with E-state index in [1.807, 2.05) is 40.7 Å². The molecular weight excluding hydrogens is 300 g/mol. The van der Waals surface area contributed by atoms with E-state index in [-0.39, 0.29) is 17.7 Å². The molecule has 0 aliphatic heterocycles. The smallest absolute Gasteiger partial charge is 0.232 e. The Labute approximate surface area is 135 Å². The summed E-state index contributed by atoms with van der Waals surface area (Å²) in [6.07, 6.45) is 0.154. The quantitative estimate of drug-likeness (QED) is 0.910. The van der Waals surface area contributed by atoms with Crippen molar-refractivity contribution in [3.05, 3.63) is 46.1 Å². The molecule has 0 unspecified atom stereocenters. The standard InChI is InChI=1S/C17H21ClN2O2/c1-10-6-7-12(18)8-13(10)20-15(21)9-14-11(2)19-16(22-14)17(3,4)5/h6-8H,9H2,1-5H3,(H,20,21). The number of nitrogens with one attached hydrogen (secondary N) is 1. The lowest BCUT2D eigenvalue weighted by atomic mass is 9.97. The van der Waals surface area contributed by atoms with Gasteiger partial charge in [0, 0.05) is 16.1 Å². The van der Waals surface area contributed by atoms with Crippen molar-refractivity contribution in [2.75, 3.05) is 5.32 Å². The molecule has 0 bridgehead atoms. The third-order valence-electron chi connectivity index (χ3n) is 3.33. The van der Waals surface area contributed by atoms with E-state index in [9.17, 15) is 4.79 Å². The number of amides is 1. The number of carbonyl (C=O) groups is 1. The number of anilines is 1. The maximum absolute atomic E-state index is 12.2. The van der Waals surface area contributed by atoms with Crippen LogP contribution in [0.2, 0.25) is 5.02 Å². The van der Waals surface area contributed by atoms with Gasteiger partial charge in [-0.25, -0.2) is 4.98 Å². The first-order valence-electron chi connectivity index (χ1n) is 7.19. The molecule has 1 N–H and O–H groups in total. The van der Waals surface area contributed by atoms with Crippen LogP contribution in [0.5, 0.6) is 0 Å². The number of halogens is 1. The highest BCUT2D eigenvalue weighted by Crippen LogP contribution is 2.25. The van der Waals surface area contributed by atoms with Crippen LogP contribution in [-0.2, 0) is 16.6 Å². The minimum atomic E-state index is -0.178. The summed E-state index contributed by atoms with van der Waals surface area (Å²) in [6, 6.07) is 5.40. The Balaban J connectivity index is 2.13. The van der Waals surface area contributed by atoms with Crippen LogP contribution >= 0.6 is 11.6 Å². The molecule has 22 heavy (non-hydrogen) atoms. The molecule has 1 heterocycles. The number of rotatable bonds is 3. The van der Waals surface area contributed by atoms with Gasteiger partial charge in [-0.05, 0) is 31.5 Å². The van der Waals surface area contributed by atoms with Crippen LogP contribution in [0.1, 0.15) is 43.7 Å². The highest BCUT2D eigenvalue weighted by Gasteiger charge is 2.23. The number of benzene rings is 1. The van der Waals surface area contributed by atoms with Gasteiger partial charge in [0.15, 0.2) is 5.89 Å². The van der Waals surface area contributed by atoms with E-state index in [2.05, 4.69) is 10.3 Å². The number of oxazole rings is 1.